The number of rotatable bonds is 3. The summed E-state index contributed by atoms with van der Waals surface area (Å²) in [5, 5.41) is 20.7. The standard InChI is InChI=1S/C11H11N3O3S/c1-7-12-10(14(16)17)11(13(7)2)18-9-5-3-4-8(15)6-9/h3-6,15H,1-2H3. The number of hydrogen-bond acceptors (Lipinski definition) is 5. The monoisotopic (exact) mass is 265 g/mol. The zero-order valence-corrected chi connectivity index (χ0v) is 10.6. The van der Waals surface area contributed by atoms with E-state index in [2.05, 4.69) is 4.98 Å². The minimum Gasteiger partial charge on any atom is -0.508 e. The molecule has 0 saturated carbocycles. The molecule has 2 aromatic rings. The number of phenols is 1. The van der Waals surface area contributed by atoms with Gasteiger partial charge in [0.25, 0.3) is 0 Å². The molecule has 0 fully saturated rings. The van der Waals surface area contributed by atoms with Crippen LogP contribution in [0.4, 0.5) is 5.82 Å². The van der Waals surface area contributed by atoms with Gasteiger partial charge in [-0.05, 0) is 28.1 Å². The molecule has 0 radical (unpaired) electrons. The van der Waals surface area contributed by atoms with E-state index in [0.29, 0.717) is 10.9 Å². The fraction of sp³-hybridized carbons (Fsp3) is 0.182. The highest BCUT2D eigenvalue weighted by Gasteiger charge is 2.24. The maximum atomic E-state index is 10.9. The first-order valence-corrected chi connectivity index (χ1v) is 5.95. The summed E-state index contributed by atoms with van der Waals surface area (Å²) in [4.78, 5) is 15.0. The quantitative estimate of drug-likeness (QED) is 0.681. The van der Waals surface area contributed by atoms with E-state index in [1.165, 1.54) is 11.8 Å². The van der Waals surface area contributed by atoms with Crippen LogP contribution in [0.1, 0.15) is 5.82 Å². The molecule has 0 amide bonds. The average Bonchev–Trinajstić information content (AvgIpc) is 2.57. The number of phenolic OH excluding ortho intramolecular Hbond substituents is 1. The lowest BCUT2D eigenvalue weighted by atomic mass is 10.3. The molecule has 6 nitrogen and oxygen atoms in total. The Morgan fingerprint density at radius 1 is 1.50 bits per heavy atom. The van der Waals surface area contributed by atoms with Crippen LogP contribution < -0.4 is 0 Å². The van der Waals surface area contributed by atoms with Crippen molar-refractivity contribution in [2.75, 3.05) is 0 Å². The second-order valence-electron chi connectivity index (χ2n) is 3.70. The van der Waals surface area contributed by atoms with Gasteiger partial charge in [0, 0.05) is 18.9 Å². The van der Waals surface area contributed by atoms with Crippen molar-refractivity contribution in [1.29, 1.82) is 0 Å². The fourth-order valence-electron chi connectivity index (χ4n) is 1.46. The van der Waals surface area contributed by atoms with Crippen molar-refractivity contribution >= 4 is 17.6 Å². The minimum absolute atomic E-state index is 0.126. The van der Waals surface area contributed by atoms with Gasteiger partial charge in [-0.25, -0.2) is 0 Å². The summed E-state index contributed by atoms with van der Waals surface area (Å²) in [5.74, 6) is 0.536. The van der Waals surface area contributed by atoms with E-state index in [-0.39, 0.29) is 11.6 Å². The van der Waals surface area contributed by atoms with Crippen LogP contribution in [0.5, 0.6) is 5.75 Å². The van der Waals surface area contributed by atoms with E-state index in [9.17, 15) is 15.2 Å². The van der Waals surface area contributed by atoms with Crippen LogP contribution >= 0.6 is 11.8 Å². The second-order valence-corrected chi connectivity index (χ2v) is 4.77. The second kappa shape index (κ2) is 4.69. The van der Waals surface area contributed by atoms with Gasteiger partial charge in [0.2, 0.25) is 5.82 Å². The molecule has 1 N–H and O–H groups in total. The molecule has 1 heterocycles. The number of aromatic nitrogens is 2. The van der Waals surface area contributed by atoms with Gasteiger partial charge in [-0.1, -0.05) is 17.8 Å². The highest BCUT2D eigenvalue weighted by atomic mass is 32.2. The third-order valence-corrected chi connectivity index (χ3v) is 3.59. The Bertz CT molecular complexity index is 610. The lowest BCUT2D eigenvalue weighted by Gasteiger charge is -2.02. The van der Waals surface area contributed by atoms with Crippen molar-refractivity contribution in [2.24, 2.45) is 7.05 Å². The molecule has 0 atom stereocenters. The summed E-state index contributed by atoms with van der Waals surface area (Å²) in [7, 11) is 1.72. The molecule has 0 aliphatic rings. The zero-order valence-electron chi connectivity index (χ0n) is 9.82. The molecular formula is C11H11N3O3S. The topological polar surface area (TPSA) is 81.2 Å². The van der Waals surface area contributed by atoms with Crippen LogP contribution in [0.15, 0.2) is 34.2 Å². The van der Waals surface area contributed by atoms with Gasteiger partial charge in [0.1, 0.15) is 5.75 Å². The molecular weight excluding hydrogens is 254 g/mol. The Hall–Kier alpha value is -2.02. The third kappa shape index (κ3) is 2.30. The van der Waals surface area contributed by atoms with Gasteiger partial charge < -0.3 is 15.2 Å². The van der Waals surface area contributed by atoms with E-state index >= 15 is 0 Å². The molecule has 0 aliphatic heterocycles. The molecule has 0 aliphatic carbocycles. The smallest absolute Gasteiger partial charge is 0.396 e. The first kappa shape index (κ1) is 12.4. The van der Waals surface area contributed by atoms with Gasteiger partial charge in [-0.15, -0.1) is 0 Å². The van der Waals surface area contributed by atoms with Gasteiger partial charge in [0.15, 0.2) is 5.03 Å². The van der Waals surface area contributed by atoms with E-state index in [0.717, 1.165) is 4.90 Å². The Morgan fingerprint density at radius 2 is 2.22 bits per heavy atom. The summed E-state index contributed by atoms with van der Waals surface area (Å²) in [6.45, 7) is 1.71. The molecule has 94 valence electrons. The minimum atomic E-state index is -0.502. The molecule has 0 saturated heterocycles. The van der Waals surface area contributed by atoms with Crippen LogP contribution in [0.25, 0.3) is 0 Å². The van der Waals surface area contributed by atoms with E-state index in [4.69, 9.17) is 0 Å². The Morgan fingerprint density at radius 3 is 2.83 bits per heavy atom. The highest BCUT2D eigenvalue weighted by Crippen LogP contribution is 2.35. The number of nitro groups is 1. The van der Waals surface area contributed by atoms with Crippen molar-refractivity contribution in [3.8, 4) is 5.75 Å². The number of aryl methyl sites for hydroxylation is 1. The SMILES string of the molecule is Cc1nc([N+](=O)[O-])c(Sc2cccc(O)c2)n1C. The number of imidazole rings is 1. The molecule has 1 aromatic carbocycles. The Balaban J connectivity index is 2.42. The zero-order chi connectivity index (χ0) is 13.3. The fourth-order valence-corrected chi connectivity index (χ4v) is 2.49. The largest absolute Gasteiger partial charge is 0.508 e. The first-order valence-electron chi connectivity index (χ1n) is 5.13. The van der Waals surface area contributed by atoms with Gasteiger partial charge in [0.05, 0.1) is 0 Å². The molecule has 0 spiro atoms. The van der Waals surface area contributed by atoms with Crippen LogP contribution in [0, 0.1) is 17.0 Å². The summed E-state index contributed by atoms with van der Waals surface area (Å²) in [6.07, 6.45) is 0. The van der Waals surface area contributed by atoms with Crippen LogP contribution in [0.2, 0.25) is 0 Å². The van der Waals surface area contributed by atoms with E-state index < -0.39 is 4.92 Å². The lowest BCUT2D eigenvalue weighted by Crippen LogP contribution is -1.94. The molecule has 0 unspecified atom stereocenters. The highest BCUT2D eigenvalue weighted by molar-refractivity contribution is 7.99. The van der Waals surface area contributed by atoms with Crippen LogP contribution in [-0.4, -0.2) is 19.6 Å². The molecule has 2 rings (SSSR count). The summed E-state index contributed by atoms with van der Waals surface area (Å²) >= 11 is 1.20. The number of nitrogens with zero attached hydrogens (tertiary/aromatic N) is 3. The van der Waals surface area contributed by atoms with E-state index in [1.807, 2.05) is 0 Å². The Labute approximate surface area is 107 Å². The van der Waals surface area contributed by atoms with Crippen molar-refractivity contribution < 1.29 is 10.0 Å². The van der Waals surface area contributed by atoms with Gasteiger partial charge >= 0.3 is 5.82 Å². The van der Waals surface area contributed by atoms with Gasteiger partial charge in [-0.3, -0.25) is 4.57 Å². The normalized spacial score (nSPS) is 10.6. The maximum Gasteiger partial charge on any atom is 0.396 e. The number of aromatic hydroxyl groups is 1. The van der Waals surface area contributed by atoms with Crippen LogP contribution in [0.3, 0.4) is 0 Å². The average molecular weight is 265 g/mol. The first-order chi connectivity index (χ1) is 8.49. The van der Waals surface area contributed by atoms with Crippen LogP contribution in [-0.2, 0) is 7.05 Å². The van der Waals surface area contributed by atoms with Gasteiger partial charge in [-0.2, -0.15) is 0 Å². The van der Waals surface area contributed by atoms with Crippen molar-refractivity contribution in [1.82, 2.24) is 9.55 Å². The summed E-state index contributed by atoms with van der Waals surface area (Å²) in [6, 6.07) is 6.56. The summed E-state index contributed by atoms with van der Waals surface area (Å²) < 4.78 is 1.66. The van der Waals surface area contributed by atoms with Crippen molar-refractivity contribution in [2.45, 2.75) is 16.8 Å². The number of benzene rings is 1. The predicted octanol–water partition coefficient (Wildman–Crippen LogP) is 2.49. The maximum absolute atomic E-state index is 10.9. The summed E-state index contributed by atoms with van der Waals surface area (Å²) in [5.41, 5.74) is 0. The number of hydrogen-bond donors (Lipinski definition) is 1. The Kier molecular flexibility index (Phi) is 3.24. The molecule has 18 heavy (non-hydrogen) atoms. The van der Waals surface area contributed by atoms with E-state index in [1.54, 1.807) is 42.8 Å². The molecule has 1 aromatic heterocycles. The predicted molar refractivity (Wildman–Crippen MR) is 66.8 cm³/mol. The lowest BCUT2D eigenvalue weighted by molar-refractivity contribution is -0.392. The van der Waals surface area contributed by atoms with Crippen molar-refractivity contribution in [3.63, 3.8) is 0 Å². The third-order valence-electron chi connectivity index (χ3n) is 2.45. The van der Waals surface area contributed by atoms with Crippen molar-refractivity contribution in [3.05, 3.63) is 40.2 Å². The molecule has 7 heteroatoms. The molecule has 0 bridgehead atoms.